The van der Waals surface area contributed by atoms with Crippen LogP contribution in [0.15, 0.2) is 30.5 Å². The van der Waals surface area contributed by atoms with Gasteiger partial charge in [-0.15, -0.1) is 5.10 Å². The molecule has 8 atom stereocenters. The van der Waals surface area contributed by atoms with E-state index in [1.54, 1.807) is 23.4 Å². The number of carbonyl (C=O) groups excluding carboxylic acids is 3. The minimum absolute atomic E-state index is 0.0655. The van der Waals surface area contributed by atoms with E-state index in [0.29, 0.717) is 44.6 Å². The van der Waals surface area contributed by atoms with E-state index in [1.807, 2.05) is 59.1 Å². The monoisotopic (exact) mass is 638 g/mol. The van der Waals surface area contributed by atoms with Crippen LogP contribution in [0.2, 0.25) is 5.82 Å². The van der Waals surface area contributed by atoms with E-state index < -0.39 is 41.3 Å². The average molecular weight is 639 g/mol. The molecule has 4 N–H and O–H groups in total. The van der Waals surface area contributed by atoms with Gasteiger partial charge in [-0.3, -0.25) is 19.2 Å². The Bertz CT molecular complexity index is 1390. The number of nitrogens with zero attached hydrogens (tertiary/aromatic N) is 4. The van der Waals surface area contributed by atoms with E-state index in [2.05, 4.69) is 22.6 Å². The van der Waals surface area contributed by atoms with Crippen molar-refractivity contribution >= 4 is 31.4 Å². The number of aliphatic hydroxyl groups is 1. The maximum absolute atomic E-state index is 13.5. The van der Waals surface area contributed by atoms with Gasteiger partial charge in [-0.2, -0.15) is 0 Å². The van der Waals surface area contributed by atoms with E-state index in [4.69, 9.17) is 15.2 Å². The number of ketones is 1. The first-order chi connectivity index (χ1) is 21.7. The number of hydrogen-bond donors (Lipinski definition) is 3. The van der Waals surface area contributed by atoms with Crippen molar-refractivity contribution in [2.45, 2.75) is 115 Å². The van der Waals surface area contributed by atoms with Gasteiger partial charge in [0.25, 0.3) is 0 Å². The first-order valence-electron chi connectivity index (χ1n) is 16.6. The second-order valence-electron chi connectivity index (χ2n) is 13.9. The van der Waals surface area contributed by atoms with Gasteiger partial charge in [0.15, 0.2) is 5.60 Å². The lowest BCUT2D eigenvalue weighted by atomic mass is 9.67. The minimum atomic E-state index is -1.16. The number of unbranched alkanes of at least 4 members (excludes halogenated alkanes) is 1. The number of nitrogens with two attached hydrogens (primary N) is 1. The summed E-state index contributed by atoms with van der Waals surface area (Å²) < 4.78 is 13.9. The van der Waals surface area contributed by atoms with Crippen LogP contribution in [-0.2, 0) is 25.6 Å². The van der Waals surface area contributed by atoms with Gasteiger partial charge in [-0.25, -0.2) is 4.79 Å². The van der Waals surface area contributed by atoms with Crippen LogP contribution in [0, 0.1) is 11.8 Å². The Balaban J connectivity index is 1.51. The summed E-state index contributed by atoms with van der Waals surface area (Å²) in [5, 5.41) is 23.4. The molecule has 1 aromatic carbocycles. The van der Waals surface area contributed by atoms with Crippen LogP contribution < -0.4 is 11.1 Å². The molecular formula is C33H51BN6O6. The zero-order valence-electron chi connectivity index (χ0n) is 28.4. The minimum Gasteiger partial charge on any atom is -0.458 e. The van der Waals surface area contributed by atoms with Gasteiger partial charge >= 0.3 is 12.1 Å². The van der Waals surface area contributed by atoms with Crippen LogP contribution >= 0.6 is 0 Å². The van der Waals surface area contributed by atoms with Crippen molar-refractivity contribution in [3.8, 4) is 11.3 Å². The average Bonchev–Trinajstić information content (AvgIpc) is 3.57. The summed E-state index contributed by atoms with van der Waals surface area (Å²) in [5.41, 5.74) is 5.96. The predicted molar refractivity (Wildman–Crippen MR) is 178 cm³/mol. The number of ether oxygens (including phenoxy) is 2. The zero-order valence-corrected chi connectivity index (χ0v) is 28.4. The number of amides is 1. The first-order valence-corrected chi connectivity index (χ1v) is 16.6. The lowest BCUT2D eigenvalue weighted by molar-refractivity contribution is -0.169. The SMILES string of the molecule is B[C@@H]1CC(=O)[C@@H](C)C(=O)O[C@H](CC)[C@@]2(C)OC(=O)N(CCCCn3cc(-c4cccc(N)c4)nn3)[C@@H]2[C@@H](C)NC[C@H](C)C[C@]1(C)O. The molecule has 0 unspecified atom stereocenters. The molecule has 252 valence electrons. The first kappa shape index (κ1) is 35.4. The number of rotatable bonds is 7. The summed E-state index contributed by atoms with van der Waals surface area (Å²) in [4.78, 5) is 41.6. The number of benzene rings is 1. The third-order valence-corrected chi connectivity index (χ3v) is 9.92. The molecule has 1 aromatic heterocycles. The van der Waals surface area contributed by atoms with Crippen molar-refractivity contribution in [2.75, 3.05) is 18.8 Å². The number of fused-ring (bicyclic) bond motifs is 1. The Labute approximate surface area is 273 Å². The molecule has 13 heteroatoms. The molecule has 4 rings (SSSR count). The van der Waals surface area contributed by atoms with Crippen LogP contribution in [0.1, 0.15) is 73.6 Å². The van der Waals surface area contributed by atoms with Crippen LogP contribution in [0.3, 0.4) is 0 Å². The second-order valence-corrected chi connectivity index (χ2v) is 13.9. The Morgan fingerprint density at radius 3 is 2.57 bits per heavy atom. The van der Waals surface area contributed by atoms with Gasteiger partial charge in [0.05, 0.1) is 17.8 Å². The largest absolute Gasteiger partial charge is 0.458 e. The highest BCUT2D eigenvalue weighted by Gasteiger charge is 2.58. The van der Waals surface area contributed by atoms with Crippen LogP contribution in [0.5, 0.6) is 0 Å². The van der Waals surface area contributed by atoms with Crippen LogP contribution in [-0.4, -0.2) is 93.2 Å². The fraction of sp³-hybridized carbons (Fsp3) is 0.667. The Morgan fingerprint density at radius 2 is 1.87 bits per heavy atom. The Kier molecular flexibility index (Phi) is 11.2. The van der Waals surface area contributed by atoms with Crippen molar-refractivity contribution in [1.29, 1.82) is 0 Å². The van der Waals surface area contributed by atoms with Crippen molar-refractivity contribution in [1.82, 2.24) is 25.2 Å². The van der Waals surface area contributed by atoms with Crippen molar-refractivity contribution in [2.24, 2.45) is 11.8 Å². The summed E-state index contributed by atoms with van der Waals surface area (Å²) in [6.07, 6.45) is 3.02. The van der Waals surface area contributed by atoms with Crippen molar-refractivity contribution < 1.29 is 29.0 Å². The number of Topliss-reactive ketones (excluding diaryl/α,β-unsaturated/α-hetero) is 1. The third kappa shape index (κ3) is 7.91. The predicted octanol–water partition coefficient (Wildman–Crippen LogP) is 2.99. The molecular weight excluding hydrogens is 587 g/mol. The highest BCUT2D eigenvalue weighted by molar-refractivity contribution is 6.15. The van der Waals surface area contributed by atoms with Gasteiger partial charge in [-0.1, -0.05) is 31.2 Å². The standard InChI is InChI=1S/C33H51BN6O6/c1-7-28-33(6)29(22(4)36-18-20(2)17-32(5,44)27(34)16-26(41)21(3)30(42)45-28)40(31(43)46-33)14-9-8-13-39-19-25(37-38-39)23-11-10-12-24(35)15-23/h10-12,15,19-22,27-29,36,44H,7-9,13-14,16-18,34-35H2,1-6H3/t20-,21-,22-,27-,28-,29-,32+,33-/m1/s1. The normalized spacial score (nSPS) is 33.1. The second kappa shape index (κ2) is 14.5. The van der Waals surface area contributed by atoms with E-state index in [-0.39, 0.29) is 30.0 Å². The van der Waals surface area contributed by atoms with Gasteiger partial charge in [0.1, 0.15) is 31.3 Å². The van der Waals surface area contributed by atoms with Crippen molar-refractivity contribution in [3.05, 3.63) is 30.5 Å². The summed E-state index contributed by atoms with van der Waals surface area (Å²) in [6, 6.07) is 6.81. The van der Waals surface area contributed by atoms with E-state index in [1.165, 1.54) is 0 Å². The molecule has 12 nitrogen and oxygen atoms in total. The smallest absolute Gasteiger partial charge is 0.410 e. The summed E-state index contributed by atoms with van der Waals surface area (Å²) >= 11 is 0. The number of nitrogens with one attached hydrogen (secondary N) is 1. The maximum atomic E-state index is 13.5. The molecule has 3 heterocycles. The highest BCUT2D eigenvalue weighted by Crippen LogP contribution is 2.39. The maximum Gasteiger partial charge on any atom is 0.410 e. The fourth-order valence-corrected chi connectivity index (χ4v) is 6.93. The fourth-order valence-electron chi connectivity index (χ4n) is 6.93. The van der Waals surface area contributed by atoms with Crippen LogP contribution in [0.25, 0.3) is 11.3 Å². The Hall–Kier alpha value is -3.45. The lowest BCUT2D eigenvalue weighted by Crippen LogP contribution is -2.60. The molecule has 2 saturated heterocycles. The number of carbonyl (C=O) groups is 3. The lowest BCUT2D eigenvalue weighted by Gasteiger charge is -2.41. The third-order valence-electron chi connectivity index (χ3n) is 9.92. The molecule has 1 amide bonds. The molecule has 2 aliphatic rings. The number of aromatic nitrogens is 3. The number of anilines is 1. The van der Waals surface area contributed by atoms with Gasteiger partial charge in [0, 0.05) is 36.8 Å². The number of aryl methyl sites for hydroxylation is 1. The number of nitrogen functional groups attached to an aromatic ring is 1. The van der Waals surface area contributed by atoms with E-state index in [0.717, 1.165) is 17.7 Å². The molecule has 2 aromatic rings. The van der Waals surface area contributed by atoms with Gasteiger partial charge in [-0.05, 0) is 83.8 Å². The number of esters is 1. The summed E-state index contributed by atoms with van der Waals surface area (Å²) in [7, 11) is 1.84. The van der Waals surface area contributed by atoms with E-state index >= 15 is 0 Å². The summed E-state index contributed by atoms with van der Waals surface area (Å²) in [6.45, 7) is 12.7. The summed E-state index contributed by atoms with van der Waals surface area (Å²) in [5.74, 6) is -2.18. The topological polar surface area (TPSA) is 162 Å². The molecule has 0 radical (unpaired) electrons. The molecule has 0 saturated carbocycles. The quantitative estimate of drug-likeness (QED) is 0.135. The molecule has 2 fully saturated rings. The highest BCUT2D eigenvalue weighted by atomic mass is 16.6. The van der Waals surface area contributed by atoms with Gasteiger partial charge < -0.3 is 25.6 Å². The van der Waals surface area contributed by atoms with Crippen molar-refractivity contribution in [3.63, 3.8) is 0 Å². The molecule has 2 aliphatic heterocycles. The number of cyclic esters (lactones) is 1. The molecule has 0 bridgehead atoms. The Morgan fingerprint density at radius 1 is 1.15 bits per heavy atom. The van der Waals surface area contributed by atoms with E-state index in [9.17, 15) is 19.5 Å². The molecule has 46 heavy (non-hydrogen) atoms. The molecule has 0 spiro atoms. The number of hydrogen-bond acceptors (Lipinski definition) is 10. The van der Waals surface area contributed by atoms with Crippen LogP contribution in [0.4, 0.5) is 10.5 Å². The van der Waals surface area contributed by atoms with Gasteiger partial charge in [0.2, 0.25) is 0 Å². The zero-order chi connectivity index (χ0) is 33.8. The molecule has 0 aliphatic carbocycles.